The van der Waals surface area contributed by atoms with Crippen molar-refractivity contribution >= 4 is 10.9 Å². The van der Waals surface area contributed by atoms with E-state index in [4.69, 9.17) is 9.47 Å². The molecule has 0 aliphatic heterocycles. The minimum Gasteiger partial charge on any atom is -0.504 e. The molecule has 2 aromatic rings. The van der Waals surface area contributed by atoms with Crippen molar-refractivity contribution in [3.05, 3.63) is 39.7 Å². The Kier molecular flexibility index (Phi) is 4.45. The molecule has 118 valence electrons. The second-order valence-electron chi connectivity index (χ2n) is 5.38. The van der Waals surface area contributed by atoms with Crippen molar-refractivity contribution in [1.82, 2.24) is 4.57 Å². The molecule has 0 atom stereocenters. The highest BCUT2D eigenvalue weighted by molar-refractivity contribution is 5.93. The predicted molar refractivity (Wildman–Crippen MR) is 87.1 cm³/mol. The normalized spacial score (nSPS) is 10.6. The molecule has 1 aromatic carbocycles. The molecule has 0 bridgehead atoms. The summed E-state index contributed by atoms with van der Waals surface area (Å²) in [7, 11) is 4.67. The highest BCUT2D eigenvalue weighted by Crippen LogP contribution is 2.38. The van der Waals surface area contributed by atoms with Gasteiger partial charge < -0.3 is 19.1 Å². The highest BCUT2D eigenvalue weighted by atomic mass is 16.5. The molecule has 5 heteroatoms. The standard InChI is InChI=1S/C17H21NO4/c1-10(2)6-7-12-15(21-4)11-8-9-13(19)16(22-5)14(11)18(3)17(12)20/h6,8-9,19H,7H2,1-5H3. The second-order valence-corrected chi connectivity index (χ2v) is 5.38. The second kappa shape index (κ2) is 6.13. The number of aromatic nitrogens is 1. The molecule has 0 saturated carbocycles. The number of pyridine rings is 1. The number of fused-ring (bicyclic) bond motifs is 1. The van der Waals surface area contributed by atoms with Gasteiger partial charge in [-0.05, 0) is 32.4 Å². The number of phenolic OH excluding ortho intramolecular Hbond substituents is 1. The lowest BCUT2D eigenvalue weighted by molar-refractivity contribution is 0.375. The number of benzene rings is 1. The van der Waals surface area contributed by atoms with Gasteiger partial charge in [-0.3, -0.25) is 4.79 Å². The van der Waals surface area contributed by atoms with E-state index in [1.807, 2.05) is 19.9 Å². The van der Waals surface area contributed by atoms with Crippen LogP contribution in [0.4, 0.5) is 0 Å². The van der Waals surface area contributed by atoms with Gasteiger partial charge in [-0.2, -0.15) is 0 Å². The van der Waals surface area contributed by atoms with E-state index in [0.717, 1.165) is 11.0 Å². The van der Waals surface area contributed by atoms with E-state index in [0.29, 0.717) is 23.3 Å². The summed E-state index contributed by atoms with van der Waals surface area (Å²) in [5, 5.41) is 10.7. The molecule has 22 heavy (non-hydrogen) atoms. The molecule has 0 radical (unpaired) electrons. The Balaban J connectivity index is 2.91. The molecule has 0 aliphatic rings. The number of hydrogen-bond acceptors (Lipinski definition) is 4. The summed E-state index contributed by atoms with van der Waals surface area (Å²) in [5.74, 6) is 0.780. The lowest BCUT2D eigenvalue weighted by atomic mass is 10.1. The number of methoxy groups -OCH3 is 2. The third-order valence-corrected chi connectivity index (χ3v) is 3.65. The summed E-state index contributed by atoms with van der Waals surface area (Å²) >= 11 is 0. The van der Waals surface area contributed by atoms with E-state index in [1.165, 1.54) is 11.7 Å². The van der Waals surface area contributed by atoms with E-state index in [-0.39, 0.29) is 17.1 Å². The van der Waals surface area contributed by atoms with Crippen LogP contribution in [0.5, 0.6) is 17.2 Å². The lowest BCUT2D eigenvalue weighted by Crippen LogP contribution is -2.22. The van der Waals surface area contributed by atoms with Crippen LogP contribution in [0.25, 0.3) is 10.9 Å². The summed E-state index contributed by atoms with van der Waals surface area (Å²) < 4.78 is 12.2. The Morgan fingerprint density at radius 1 is 1.23 bits per heavy atom. The molecule has 0 saturated heterocycles. The molecule has 1 heterocycles. The van der Waals surface area contributed by atoms with E-state index in [1.54, 1.807) is 26.3 Å². The van der Waals surface area contributed by atoms with Crippen LogP contribution in [0.1, 0.15) is 19.4 Å². The Labute approximate surface area is 129 Å². The molecule has 0 amide bonds. The van der Waals surface area contributed by atoms with Gasteiger partial charge in [-0.25, -0.2) is 0 Å². The van der Waals surface area contributed by atoms with Crippen molar-refractivity contribution in [1.29, 1.82) is 0 Å². The monoisotopic (exact) mass is 303 g/mol. The zero-order valence-corrected chi connectivity index (χ0v) is 13.6. The average molecular weight is 303 g/mol. The number of aryl methyl sites for hydroxylation is 1. The SMILES string of the molecule is COc1c(CC=C(C)C)c(=O)n(C)c2c(OC)c(O)ccc12. The van der Waals surface area contributed by atoms with Crippen molar-refractivity contribution in [3.63, 3.8) is 0 Å². The maximum atomic E-state index is 12.7. The minimum atomic E-state index is -0.161. The summed E-state index contributed by atoms with van der Waals surface area (Å²) in [6, 6.07) is 3.27. The third-order valence-electron chi connectivity index (χ3n) is 3.65. The summed E-state index contributed by atoms with van der Waals surface area (Å²) in [4.78, 5) is 12.7. The third kappa shape index (κ3) is 2.54. The molecule has 1 N–H and O–H groups in total. The Morgan fingerprint density at radius 2 is 1.86 bits per heavy atom. The summed E-state index contributed by atoms with van der Waals surface area (Å²) in [6.07, 6.45) is 2.49. The van der Waals surface area contributed by atoms with Crippen molar-refractivity contribution in [2.75, 3.05) is 14.2 Å². The maximum absolute atomic E-state index is 12.7. The smallest absolute Gasteiger partial charge is 0.258 e. The van der Waals surface area contributed by atoms with Gasteiger partial charge in [-0.15, -0.1) is 0 Å². The quantitative estimate of drug-likeness (QED) is 0.882. The topological polar surface area (TPSA) is 60.7 Å². The number of nitrogens with zero attached hydrogens (tertiary/aromatic N) is 1. The van der Waals surface area contributed by atoms with Crippen molar-refractivity contribution in [2.45, 2.75) is 20.3 Å². The fraction of sp³-hybridized carbons (Fsp3) is 0.353. The zero-order chi connectivity index (χ0) is 16.4. The number of ether oxygens (including phenoxy) is 2. The van der Waals surface area contributed by atoms with E-state index >= 15 is 0 Å². The minimum absolute atomic E-state index is 0.0101. The summed E-state index contributed by atoms with van der Waals surface area (Å²) in [5.41, 5.74) is 2.08. The first kappa shape index (κ1) is 15.9. The fourth-order valence-corrected chi connectivity index (χ4v) is 2.56. The molecule has 2 rings (SSSR count). The van der Waals surface area contributed by atoms with E-state index in [9.17, 15) is 9.90 Å². The Hall–Kier alpha value is -2.43. The zero-order valence-electron chi connectivity index (χ0n) is 13.6. The molecule has 0 aliphatic carbocycles. The van der Waals surface area contributed by atoms with Gasteiger partial charge in [0.1, 0.15) is 11.3 Å². The van der Waals surface area contributed by atoms with Gasteiger partial charge in [0.25, 0.3) is 5.56 Å². The Bertz CT molecular complexity index is 799. The van der Waals surface area contributed by atoms with Gasteiger partial charge in [-0.1, -0.05) is 11.6 Å². The van der Waals surface area contributed by atoms with Gasteiger partial charge in [0.2, 0.25) is 0 Å². The van der Waals surface area contributed by atoms with Crippen LogP contribution in [0, 0.1) is 0 Å². The predicted octanol–water partition coefficient (Wildman–Crippen LogP) is 2.77. The molecule has 0 unspecified atom stereocenters. The van der Waals surface area contributed by atoms with Crippen LogP contribution < -0.4 is 15.0 Å². The number of hydrogen-bond donors (Lipinski definition) is 1. The highest BCUT2D eigenvalue weighted by Gasteiger charge is 2.19. The number of allylic oxidation sites excluding steroid dienone is 2. The first-order chi connectivity index (χ1) is 10.4. The average Bonchev–Trinajstić information content (AvgIpc) is 2.49. The molecule has 0 fully saturated rings. The molecule has 0 spiro atoms. The van der Waals surface area contributed by atoms with Crippen LogP contribution in [0.15, 0.2) is 28.6 Å². The van der Waals surface area contributed by atoms with Gasteiger partial charge in [0, 0.05) is 12.4 Å². The summed E-state index contributed by atoms with van der Waals surface area (Å²) in [6.45, 7) is 3.97. The molecule has 5 nitrogen and oxygen atoms in total. The lowest BCUT2D eigenvalue weighted by Gasteiger charge is -2.16. The van der Waals surface area contributed by atoms with Crippen molar-refractivity contribution < 1.29 is 14.6 Å². The van der Waals surface area contributed by atoms with Gasteiger partial charge in [0.05, 0.1) is 19.8 Å². The molecular formula is C17H21NO4. The van der Waals surface area contributed by atoms with Gasteiger partial charge in [0.15, 0.2) is 11.5 Å². The van der Waals surface area contributed by atoms with Crippen molar-refractivity contribution in [2.24, 2.45) is 7.05 Å². The number of phenols is 1. The van der Waals surface area contributed by atoms with Crippen LogP contribution in [0.2, 0.25) is 0 Å². The van der Waals surface area contributed by atoms with E-state index in [2.05, 4.69) is 0 Å². The van der Waals surface area contributed by atoms with Crippen LogP contribution in [-0.4, -0.2) is 23.9 Å². The van der Waals surface area contributed by atoms with Crippen LogP contribution in [0.3, 0.4) is 0 Å². The van der Waals surface area contributed by atoms with Crippen LogP contribution in [-0.2, 0) is 13.5 Å². The number of rotatable bonds is 4. The van der Waals surface area contributed by atoms with Crippen LogP contribution >= 0.6 is 0 Å². The van der Waals surface area contributed by atoms with E-state index < -0.39 is 0 Å². The van der Waals surface area contributed by atoms with Crippen molar-refractivity contribution in [3.8, 4) is 17.2 Å². The van der Waals surface area contributed by atoms with Gasteiger partial charge >= 0.3 is 0 Å². The Morgan fingerprint density at radius 3 is 2.41 bits per heavy atom. The molecule has 1 aromatic heterocycles. The first-order valence-electron chi connectivity index (χ1n) is 7.01. The number of aromatic hydroxyl groups is 1. The maximum Gasteiger partial charge on any atom is 0.258 e. The first-order valence-corrected chi connectivity index (χ1v) is 7.01. The fourth-order valence-electron chi connectivity index (χ4n) is 2.56. The largest absolute Gasteiger partial charge is 0.504 e. The molecular weight excluding hydrogens is 282 g/mol.